The van der Waals surface area contributed by atoms with Crippen molar-refractivity contribution in [2.45, 2.75) is 31.8 Å². The Balaban J connectivity index is 2.38. The molecule has 3 N–H and O–H groups in total. The molecule has 94 valence electrons. The van der Waals surface area contributed by atoms with Gasteiger partial charge < -0.3 is 14.9 Å². The second kappa shape index (κ2) is 4.44. The van der Waals surface area contributed by atoms with E-state index in [1.54, 1.807) is 6.92 Å². The van der Waals surface area contributed by atoms with Crippen LogP contribution >= 0.6 is 0 Å². The van der Waals surface area contributed by atoms with Gasteiger partial charge in [-0.2, -0.15) is 0 Å². The minimum Gasteiger partial charge on any atom is -0.394 e. The minimum atomic E-state index is -0.879. The molecule has 1 aliphatic rings. The molecular formula is C10H14N2O5. The van der Waals surface area contributed by atoms with Crippen LogP contribution in [0.1, 0.15) is 18.2 Å². The maximum Gasteiger partial charge on any atom is 0.330 e. The first-order valence-electron chi connectivity index (χ1n) is 5.29. The van der Waals surface area contributed by atoms with Crippen molar-refractivity contribution in [3.8, 4) is 0 Å². The number of hydrogen-bond acceptors (Lipinski definition) is 5. The second-order valence-electron chi connectivity index (χ2n) is 4.11. The third-order valence-electron chi connectivity index (χ3n) is 2.79. The maximum atomic E-state index is 11.6. The van der Waals surface area contributed by atoms with Gasteiger partial charge in [-0.25, -0.2) is 4.79 Å². The lowest BCUT2D eigenvalue weighted by atomic mass is 10.2. The molecule has 1 aromatic rings. The zero-order valence-corrected chi connectivity index (χ0v) is 9.29. The predicted molar refractivity (Wildman–Crippen MR) is 57.7 cm³/mol. The Bertz CT molecular complexity index is 520. The molecular weight excluding hydrogens is 228 g/mol. The van der Waals surface area contributed by atoms with E-state index in [4.69, 9.17) is 9.84 Å². The number of rotatable bonds is 2. The molecule has 0 aliphatic carbocycles. The lowest BCUT2D eigenvalue weighted by Crippen LogP contribution is -2.36. The van der Waals surface area contributed by atoms with Crippen molar-refractivity contribution < 1.29 is 14.9 Å². The molecule has 2 rings (SSSR count). The summed E-state index contributed by atoms with van der Waals surface area (Å²) < 4.78 is 6.46. The smallest absolute Gasteiger partial charge is 0.330 e. The average Bonchev–Trinajstić information content (AvgIpc) is 2.65. The Morgan fingerprint density at radius 3 is 2.88 bits per heavy atom. The first-order chi connectivity index (χ1) is 8.02. The Kier molecular flexibility index (Phi) is 3.14. The number of hydrogen-bond donors (Lipinski definition) is 3. The van der Waals surface area contributed by atoms with Crippen LogP contribution in [0.4, 0.5) is 0 Å². The van der Waals surface area contributed by atoms with Crippen LogP contribution < -0.4 is 11.2 Å². The van der Waals surface area contributed by atoms with Gasteiger partial charge in [0, 0.05) is 18.2 Å². The largest absolute Gasteiger partial charge is 0.394 e. The molecule has 0 unspecified atom stereocenters. The van der Waals surface area contributed by atoms with Crippen molar-refractivity contribution in [1.29, 1.82) is 0 Å². The van der Waals surface area contributed by atoms with Crippen molar-refractivity contribution in [1.82, 2.24) is 9.55 Å². The highest BCUT2D eigenvalue weighted by atomic mass is 16.5. The van der Waals surface area contributed by atoms with E-state index in [1.807, 2.05) is 0 Å². The SMILES string of the molecule is Cc1cn([C@@H]2O[C@H](CO)C[C@H]2O)c(=O)[nH]c1=O. The Labute approximate surface area is 96.3 Å². The van der Waals surface area contributed by atoms with Crippen molar-refractivity contribution in [3.05, 3.63) is 32.6 Å². The zero-order chi connectivity index (χ0) is 12.6. The molecule has 0 bridgehead atoms. The summed E-state index contributed by atoms with van der Waals surface area (Å²) in [7, 11) is 0. The van der Waals surface area contributed by atoms with Gasteiger partial charge in [-0.3, -0.25) is 14.3 Å². The van der Waals surface area contributed by atoms with Gasteiger partial charge in [-0.15, -0.1) is 0 Å². The quantitative estimate of drug-likeness (QED) is 0.584. The highest BCUT2D eigenvalue weighted by Gasteiger charge is 2.35. The topological polar surface area (TPSA) is 105 Å². The number of nitrogens with zero attached hydrogens (tertiary/aromatic N) is 1. The summed E-state index contributed by atoms with van der Waals surface area (Å²) in [4.78, 5) is 24.9. The summed E-state index contributed by atoms with van der Waals surface area (Å²) in [5.41, 5.74) is -0.742. The summed E-state index contributed by atoms with van der Waals surface area (Å²) in [6.45, 7) is 1.34. The second-order valence-corrected chi connectivity index (χ2v) is 4.11. The molecule has 0 amide bonds. The molecule has 7 heteroatoms. The number of H-pyrrole nitrogens is 1. The van der Waals surface area contributed by atoms with E-state index in [9.17, 15) is 14.7 Å². The zero-order valence-electron chi connectivity index (χ0n) is 9.29. The molecule has 1 saturated heterocycles. The highest BCUT2D eigenvalue weighted by Crippen LogP contribution is 2.27. The molecule has 0 spiro atoms. The number of aromatic nitrogens is 2. The minimum absolute atomic E-state index is 0.218. The van der Waals surface area contributed by atoms with E-state index >= 15 is 0 Å². The lowest BCUT2D eigenvalue weighted by molar-refractivity contribution is -0.0531. The summed E-state index contributed by atoms with van der Waals surface area (Å²) in [5.74, 6) is 0. The molecule has 1 aromatic heterocycles. The molecule has 0 radical (unpaired) electrons. The third kappa shape index (κ3) is 2.17. The molecule has 1 fully saturated rings. The molecule has 2 heterocycles. The molecule has 3 atom stereocenters. The van der Waals surface area contributed by atoms with Crippen LogP contribution in [0, 0.1) is 6.92 Å². The van der Waals surface area contributed by atoms with E-state index in [2.05, 4.69) is 4.98 Å². The number of nitrogens with one attached hydrogen (secondary N) is 1. The van der Waals surface area contributed by atoms with Crippen LogP contribution in [0.5, 0.6) is 0 Å². The summed E-state index contributed by atoms with van der Waals surface area (Å²) in [6.07, 6.45) is -0.639. The normalized spacial score (nSPS) is 28.5. The number of aliphatic hydroxyl groups is 2. The predicted octanol–water partition coefficient (Wildman–Crippen LogP) is -1.51. The van der Waals surface area contributed by atoms with Gasteiger partial charge >= 0.3 is 5.69 Å². The van der Waals surface area contributed by atoms with Crippen LogP contribution in [0.2, 0.25) is 0 Å². The van der Waals surface area contributed by atoms with Gasteiger partial charge in [-0.1, -0.05) is 0 Å². The molecule has 0 aromatic carbocycles. The van der Waals surface area contributed by atoms with Crippen LogP contribution in [0.15, 0.2) is 15.8 Å². The van der Waals surface area contributed by atoms with Crippen molar-refractivity contribution in [3.63, 3.8) is 0 Å². The van der Waals surface area contributed by atoms with E-state index in [-0.39, 0.29) is 13.0 Å². The fourth-order valence-electron chi connectivity index (χ4n) is 1.87. The van der Waals surface area contributed by atoms with Gasteiger partial charge in [0.2, 0.25) is 0 Å². The van der Waals surface area contributed by atoms with Gasteiger partial charge in [0.25, 0.3) is 5.56 Å². The number of aryl methyl sites for hydroxylation is 1. The van der Waals surface area contributed by atoms with Crippen molar-refractivity contribution in [2.24, 2.45) is 0 Å². The molecule has 1 aliphatic heterocycles. The standard InChI is InChI=1S/C10H14N2O5/c1-5-3-12(10(16)11-8(5)15)9-7(14)2-6(4-13)17-9/h3,6-7,9,13-14H,2,4H2,1H3,(H,11,15,16)/t6-,7+,9+/m0/s1. The number of aromatic amines is 1. The Morgan fingerprint density at radius 2 is 2.29 bits per heavy atom. The number of ether oxygens (including phenoxy) is 1. The van der Waals surface area contributed by atoms with E-state index in [0.29, 0.717) is 5.56 Å². The first kappa shape index (κ1) is 12.0. The first-order valence-corrected chi connectivity index (χ1v) is 5.29. The lowest BCUT2D eigenvalue weighted by Gasteiger charge is -2.17. The van der Waals surface area contributed by atoms with E-state index < -0.39 is 29.7 Å². The summed E-state index contributed by atoms with van der Waals surface area (Å²) >= 11 is 0. The maximum absolute atomic E-state index is 11.6. The van der Waals surface area contributed by atoms with Gasteiger partial charge in [0.1, 0.15) is 6.10 Å². The molecule has 0 saturated carbocycles. The Hall–Kier alpha value is -1.44. The fourth-order valence-corrected chi connectivity index (χ4v) is 1.87. The summed E-state index contributed by atoms with van der Waals surface area (Å²) in [6, 6.07) is 0. The fraction of sp³-hybridized carbons (Fsp3) is 0.600. The van der Waals surface area contributed by atoms with E-state index in [0.717, 1.165) is 4.57 Å². The molecule has 7 nitrogen and oxygen atoms in total. The molecule has 17 heavy (non-hydrogen) atoms. The van der Waals surface area contributed by atoms with Crippen LogP contribution in [0.3, 0.4) is 0 Å². The monoisotopic (exact) mass is 242 g/mol. The van der Waals surface area contributed by atoms with Crippen molar-refractivity contribution in [2.75, 3.05) is 6.61 Å². The van der Waals surface area contributed by atoms with Gasteiger partial charge in [0.05, 0.1) is 12.7 Å². The Morgan fingerprint density at radius 1 is 1.59 bits per heavy atom. The van der Waals surface area contributed by atoms with Crippen LogP contribution in [0.25, 0.3) is 0 Å². The van der Waals surface area contributed by atoms with Crippen molar-refractivity contribution >= 4 is 0 Å². The highest BCUT2D eigenvalue weighted by molar-refractivity contribution is 5.02. The summed E-state index contributed by atoms with van der Waals surface area (Å²) in [5, 5.41) is 18.7. The number of aliphatic hydroxyl groups excluding tert-OH is 2. The third-order valence-corrected chi connectivity index (χ3v) is 2.79. The van der Waals surface area contributed by atoms with Gasteiger partial charge in [-0.05, 0) is 6.92 Å². The van der Waals surface area contributed by atoms with Crippen LogP contribution in [-0.4, -0.2) is 38.6 Å². The van der Waals surface area contributed by atoms with Gasteiger partial charge in [0.15, 0.2) is 6.23 Å². The average molecular weight is 242 g/mol. The van der Waals surface area contributed by atoms with E-state index in [1.165, 1.54) is 6.20 Å². The van der Waals surface area contributed by atoms with Crippen LogP contribution in [-0.2, 0) is 4.74 Å².